The predicted molar refractivity (Wildman–Crippen MR) is 85.5 cm³/mol. The summed E-state index contributed by atoms with van der Waals surface area (Å²) in [6.45, 7) is 7.18. The van der Waals surface area contributed by atoms with Gasteiger partial charge in [0.1, 0.15) is 6.04 Å². The van der Waals surface area contributed by atoms with E-state index in [-0.39, 0.29) is 11.9 Å². The maximum Gasteiger partial charge on any atom is 0.245 e. The number of H-pyrrole nitrogens is 1. The highest BCUT2D eigenvalue weighted by Gasteiger charge is 2.23. The van der Waals surface area contributed by atoms with Crippen LogP contribution in [0, 0.1) is 4.77 Å². The summed E-state index contributed by atoms with van der Waals surface area (Å²) in [5, 5.41) is 7.07. The van der Waals surface area contributed by atoms with E-state index in [1.54, 1.807) is 9.47 Å². The molecule has 1 heterocycles. The van der Waals surface area contributed by atoms with Crippen LogP contribution in [0.4, 0.5) is 0 Å². The van der Waals surface area contributed by atoms with Gasteiger partial charge in [-0.15, -0.1) is 0 Å². The van der Waals surface area contributed by atoms with Gasteiger partial charge < -0.3 is 4.90 Å². The normalized spacial score (nSPS) is 12.1. The lowest BCUT2D eigenvalue weighted by Gasteiger charge is -2.24. The minimum absolute atomic E-state index is 0.0506. The van der Waals surface area contributed by atoms with Crippen LogP contribution < -0.4 is 0 Å². The number of benzene rings is 1. The first-order chi connectivity index (χ1) is 10.1. The quantitative estimate of drug-likeness (QED) is 0.864. The summed E-state index contributed by atoms with van der Waals surface area (Å²) < 4.78 is 2.24. The van der Waals surface area contributed by atoms with E-state index in [0.29, 0.717) is 23.7 Å². The number of hydrogen-bond acceptors (Lipinski definition) is 3. The van der Waals surface area contributed by atoms with Crippen LogP contribution in [0.1, 0.15) is 26.8 Å². The number of nitrogens with zero attached hydrogens (tertiary/aromatic N) is 3. The van der Waals surface area contributed by atoms with Gasteiger partial charge in [0.2, 0.25) is 5.91 Å². The zero-order chi connectivity index (χ0) is 15.4. The molecule has 21 heavy (non-hydrogen) atoms. The number of likely N-dealkylation sites (N-methyl/N-ethyl adjacent to an activating group) is 1. The second-order valence-corrected chi connectivity index (χ2v) is 5.16. The van der Waals surface area contributed by atoms with E-state index in [4.69, 9.17) is 12.2 Å². The van der Waals surface area contributed by atoms with Gasteiger partial charge in [0.15, 0.2) is 10.6 Å². The summed E-state index contributed by atoms with van der Waals surface area (Å²) in [7, 11) is 0. The molecule has 0 fully saturated rings. The molecule has 1 aromatic carbocycles. The van der Waals surface area contributed by atoms with Crippen molar-refractivity contribution in [1.29, 1.82) is 0 Å². The first-order valence-corrected chi connectivity index (χ1v) is 7.52. The standard InChI is InChI=1S/C15H20N4OS/c1-4-18(5-2)14(20)11(3)19-13(16-17-15(19)21)12-9-7-6-8-10-12/h6-11H,4-5H2,1-3H3,(H,17,21). The highest BCUT2D eigenvalue weighted by Crippen LogP contribution is 2.22. The van der Waals surface area contributed by atoms with E-state index in [1.165, 1.54) is 0 Å². The highest BCUT2D eigenvalue weighted by molar-refractivity contribution is 7.71. The molecular weight excluding hydrogens is 284 g/mol. The fourth-order valence-corrected chi connectivity index (χ4v) is 2.66. The molecule has 1 N–H and O–H groups in total. The van der Waals surface area contributed by atoms with Crippen LogP contribution in [0.3, 0.4) is 0 Å². The van der Waals surface area contributed by atoms with Gasteiger partial charge in [-0.25, -0.2) is 0 Å². The average Bonchev–Trinajstić information content (AvgIpc) is 2.90. The molecule has 5 nitrogen and oxygen atoms in total. The molecule has 0 aliphatic heterocycles. The molecule has 0 aliphatic carbocycles. The molecule has 1 atom stereocenters. The van der Waals surface area contributed by atoms with Gasteiger partial charge >= 0.3 is 0 Å². The van der Waals surface area contributed by atoms with E-state index in [2.05, 4.69) is 10.2 Å². The number of nitrogens with one attached hydrogen (secondary N) is 1. The second kappa shape index (κ2) is 6.67. The van der Waals surface area contributed by atoms with Gasteiger partial charge in [0.25, 0.3) is 0 Å². The third kappa shape index (κ3) is 3.05. The second-order valence-electron chi connectivity index (χ2n) is 4.77. The van der Waals surface area contributed by atoms with Crippen molar-refractivity contribution >= 4 is 18.1 Å². The zero-order valence-corrected chi connectivity index (χ0v) is 13.4. The largest absolute Gasteiger partial charge is 0.341 e. The molecule has 0 saturated heterocycles. The van der Waals surface area contributed by atoms with Crippen molar-refractivity contribution in [3.8, 4) is 11.4 Å². The Balaban J connectivity index is 2.43. The lowest BCUT2D eigenvalue weighted by molar-refractivity contribution is -0.133. The lowest BCUT2D eigenvalue weighted by atomic mass is 10.2. The molecule has 0 bridgehead atoms. The smallest absolute Gasteiger partial charge is 0.245 e. The van der Waals surface area contributed by atoms with Gasteiger partial charge in [-0.05, 0) is 33.0 Å². The van der Waals surface area contributed by atoms with Crippen LogP contribution in [-0.4, -0.2) is 38.7 Å². The molecule has 2 rings (SSSR count). The Morgan fingerprint density at radius 3 is 2.52 bits per heavy atom. The molecule has 112 valence electrons. The first kappa shape index (κ1) is 15.4. The van der Waals surface area contributed by atoms with Gasteiger partial charge in [-0.2, -0.15) is 5.10 Å². The fourth-order valence-electron chi connectivity index (χ4n) is 2.36. The fraction of sp³-hybridized carbons (Fsp3) is 0.400. The Hall–Kier alpha value is -1.95. The van der Waals surface area contributed by atoms with Crippen molar-refractivity contribution in [2.45, 2.75) is 26.8 Å². The molecular formula is C15H20N4OS. The average molecular weight is 304 g/mol. The maximum absolute atomic E-state index is 12.6. The van der Waals surface area contributed by atoms with E-state index in [9.17, 15) is 4.79 Å². The molecule has 1 aromatic heterocycles. The minimum atomic E-state index is -0.383. The highest BCUT2D eigenvalue weighted by atomic mass is 32.1. The number of carbonyl (C=O) groups is 1. The van der Waals surface area contributed by atoms with Gasteiger partial charge in [0, 0.05) is 18.7 Å². The van der Waals surface area contributed by atoms with Gasteiger partial charge in [0.05, 0.1) is 0 Å². The minimum Gasteiger partial charge on any atom is -0.341 e. The zero-order valence-electron chi connectivity index (χ0n) is 12.5. The monoisotopic (exact) mass is 304 g/mol. The first-order valence-electron chi connectivity index (χ1n) is 7.11. The topological polar surface area (TPSA) is 53.9 Å². The third-order valence-corrected chi connectivity index (χ3v) is 3.84. The Labute approximate surface area is 129 Å². The lowest BCUT2D eigenvalue weighted by Crippen LogP contribution is -2.36. The van der Waals surface area contributed by atoms with Crippen LogP contribution in [-0.2, 0) is 4.79 Å². The molecule has 0 radical (unpaired) electrons. The van der Waals surface area contributed by atoms with Crippen molar-refractivity contribution in [3.05, 3.63) is 35.1 Å². The van der Waals surface area contributed by atoms with Crippen molar-refractivity contribution in [1.82, 2.24) is 19.7 Å². The molecule has 2 aromatic rings. The number of rotatable bonds is 5. The molecule has 0 saturated carbocycles. The Bertz CT molecular complexity index is 658. The Morgan fingerprint density at radius 2 is 1.95 bits per heavy atom. The summed E-state index contributed by atoms with van der Waals surface area (Å²) in [5.41, 5.74) is 0.934. The maximum atomic E-state index is 12.6. The summed E-state index contributed by atoms with van der Waals surface area (Å²) >= 11 is 5.30. The van der Waals surface area contributed by atoms with Crippen LogP contribution in [0.25, 0.3) is 11.4 Å². The van der Waals surface area contributed by atoms with Crippen LogP contribution in [0.2, 0.25) is 0 Å². The molecule has 1 amide bonds. The van der Waals surface area contributed by atoms with Crippen molar-refractivity contribution in [2.24, 2.45) is 0 Å². The molecule has 1 unspecified atom stereocenters. The van der Waals surface area contributed by atoms with Gasteiger partial charge in [-0.1, -0.05) is 30.3 Å². The van der Waals surface area contributed by atoms with Crippen LogP contribution in [0.15, 0.2) is 30.3 Å². The number of carbonyl (C=O) groups excluding carboxylic acids is 1. The molecule has 0 aliphatic rings. The predicted octanol–water partition coefficient (Wildman–Crippen LogP) is 3.04. The Kier molecular flexibility index (Phi) is 4.90. The summed E-state index contributed by atoms with van der Waals surface area (Å²) in [6, 6.07) is 9.35. The van der Waals surface area contributed by atoms with Crippen molar-refractivity contribution in [2.75, 3.05) is 13.1 Å². The molecule has 0 spiro atoms. The number of amides is 1. The summed E-state index contributed by atoms with van der Waals surface area (Å²) in [6.07, 6.45) is 0. The van der Waals surface area contributed by atoms with E-state index in [1.807, 2.05) is 51.1 Å². The van der Waals surface area contributed by atoms with Crippen LogP contribution in [0.5, 0.6) is 0 Å². The number of aromatic amines is 1. The van der Waals surface area contributed by atoms with Crippen molar-refractivity contribution < 1.29 is 4.79 Å². The van der Waals surface area contributed by atoms with E-state index < -0.39 is 0 Å². The van der Waals surface area contributed by atoms with E-state index in [0.717, 1.165) is 5.56 Å². The van der Waals surface area contributed by atoms with Crippen molar-refractivity contribution in [3.63, 3.8) is 0 Å². The van der Waals surface area contributed by atoms with Crippen LogP contribution >= 0.6 is 12.2 Å². The molecule has 6 heteroatoms. The number of aromatic nitrogens is 3. The van der Waals surface area contributed by atoms with E-state index >= 15 is 0 Å². The summed E-state index contributed by atoms with van der Waals surface area (Å²) in [5.74, 6) is 0.739. The Morgan fingerprint density at radius 1 is 1.33 bits per heavy atom. The third-order valence-electron chi connectivity index (χ3n) is 3.56. The number of hydrogen-bond donors (Lipinski definition) is 1. The SMILES string of the molecule is CCN(CC)C(=O)C(C)n1c(-c2ccccc2)n[nH]c1=S. The van der Waals surface area contributed by atoms with Gasteiger partial charge in [-0.3, -0.25) is 14.5 Å². The summed E-state index contributed by atoms with van der Waals surface area (Å²) in [4.78, 5) is 14.4.